The first-order chi connectivity index (χ1) is 7.24. The Balaban J connectivity index is 2.41. The number of hydrogen-bond donors (Lipinski definition) is 0. The molecule has 0 saturated heterocycles. The highest BCUT2D eigenvalue weighted by Gasteiger charge is 2.13. The van der Waals surface area contributed by atoms with Crippen molar-refractivity contribution in [1.29, 1.82) is 0 Å². The van der Waals surface area contributed by atoms with E-state index in [1.807, 2.05) is 24.7 Å². The lowest BCUT2D eigenvalue weighted by Crippen LogP contribution is -1.85. The van der Waals surface area contributed by atoms with Crippen molar-refractivity contribution < 1.29 is 4.42 Å². The van der Waals surface area contributed by atoms with Gasteiger partial charge in [-0.3, -0.25) is 0 Å². The van der Waals surface area contributed by atoms with Crippen LogP contribution in [0, 0.1) is 0 Å². The topological polar surface area (TPSA) is 43.9 Å². The van der Waals surface area contributed by atoms with Crippen LogP contribution in [-0.4, -0.2) is 14.5 Å². The zero-order valence-electron chi connectivity index (χ0n) is 8.70. The van der Waals surface area contributed by atoms with Crippen molar-refractivity contribution in [2.75, 3.05) is 0 Å². The summed E-state index contributed by atoms with van der Waals surface area (Å²) in [6.45, 7) is 2.02. The molecule has 5 heteroatoms. The second-order valence-corrected chi connectivity index (χ2v) is 3.57. The summed E-state index contributed by atoms with van der Waals surface area (Å²) in [6.07, 6.45) is 4.40. The van der Waals surface area contributed by atoms with Crippen LogP contribution in [0.1, 0.15) is 18.4 Å². The summed E-state index contributed by atoms with van der Waals surface area (Å²) in [5.74, 6) is 1.63. The third kappa shape index (κ3) is 1.90. The Morgan fingerprint density at radius 3 is 2.80 bits per heavy atom. The molecule has 80 valence electrons. The highest BCUT2D eigenvalue weighted by molar-refractivity contribution is 6.16. The van der Waals surface area contributed by atoms with E-state index in [9.17, 15) is 0 Å². The number of alkyl halides is 1. The van der Waals surface area contributed by atoms with Crippen molar-refractivity contribution in [3.63, 3.8) is 0 Å². The minimum absolute atomic E-state index is 0.350. The molecule has 0 bridgehead atoms. The van der Waals surface area contributed by atoms with E-state index in [-0.39, 0.29) is 0 Å². The van der Waals surface area contributed by atoms with Gasteiger partial charge >= 0.3 is 0 Å². The average molecular weight is 226 g/mol. The van der Waals surface area contributed by atoms with Crippen LogP contribution in [0.2, 0.25) is 0 Å². The maximum Gasteiger partial charge on any atom is 0.247 e. The lowest BCUT2D eigenvalue weighted by atomic mass is 10.3. The molecule has 0 aliphatic rings. The molecular formula is C10H12ClN3O. The Hall–Kier alpha value is -1.29. The summed E-state index contributed by atoms with van der Waals surface area (Å²) in [5, 5.41) is 0. The predicted molar refractivity (Wildman–Crippen MR) is 57.6 cm³/mol. The molecule has 0 N–H and O–H groups in total. The lowest BCUT2D eigenvalue weighted by molar-refractivity contribution is 0.533. The molecule has 0 aromatic carbocycles. The smallest absolute Gasteiger partial charge is 0.247 e. The standard InChI is InChI=1S/C10H12ClN3O/c1-3-7-9(4-11)15-10(13-7)8-5-14(2)6-12-8/h5-6H,3-4H2,1-2H3. The maximum absolute atomic E-state index is 5.76. The second kappa shape index (κ2) is 4.06. The van der Waals surface area contributed by atoms with Crippen LogP contribution >= 0.6 is 11.6 Å². The SMILES string of the molecule is CCc1nc(-c2cn(C)cn2)oc1CCl. The van der Waals surface area contributed by atoms with E-state index < -0.39 is 0 Å². The third-order valence-electron chi connectivity index (χ3n) is 2.16. The van der Waals surface area contributed by atoms with E-state index in [1.165, 1.54) is 0 Å². The van der Waals surface area contributed by atoms with Gasteiger partial charge in [0.15, 0.2) is 0 Å². The van der Waals surface area contributed by atoms with Gasteiger partial charge in [-0.25, -0.2) is 9.97 Å². The van der Waals surface area contributed by atoms with Crippen molar-refractivity contribution in [3.05, 3.63) is 24.0 Å². The Bertz CT molecular complexity index is 439. The van der Waals surface area contributed by atoms with Gasteiger partial charge < -0.3 is 8.98 Å². The van der Waals surface area contributed by atoms with Crippen molar-refractivity contribution in [2.45, 2.75) is 19.2 Å². The molecule has 0 saturated carbocycles. The van der Waals surface area contributed by atoms with Crippen molar-refractivity contribution in [3.8, 4) is 11.6 Å². The molecule has 2 aromatic heterocycles. The van der Waals surface area contributed by atoms with Crippen molar-refractivity contribution in [2.24, 2.45) is 7.05 Å². The highest BCUT2D eigenvalue weighted by atomic mass is 35.5. The van der Waals surface area contributed by atoms with Gasteiger partial charge in [-0.1, -0.05) is 6.92 Å². The number of imidazole rings is 1. The van der Waals surface area contributed by atoms with Gasteiger partial charge in [0.25, 0.3) is 0 Å². The van der Waals surface area contributed by atoms with Crippen LogP contribution in [0.3, 0.4) is 0 Å². The summed E-state index contributed by atoms with van der Waals surface area (Å²) in [6, 6.07) is 0. The van der Waals surface area contributed by atoms with E-state index in [0.717, 1.165) is 23.6 Å². The molecule has 2 rings (SSSR count). The number of oxazole rings is 1. The van der Waals surface area contributed by atoms with Gasteiger partial charge in [-0.15, -0.1) is 11.6 Å². The molecule has 2 aromatic rings. The fourth-order valence-corrected chi connectivity index (χ4v) is 1.61. The molecule has 0 spiro atoms. The molecule has 15 heavy (non-hydrogen) atoms. The van der Waals surface area contributed by atoms with E-state index in [1.54, 1.807) is 6.33 Å². The van der Waals surface area contributed by atoms with Gasteiger partial charge in [0.1, 0.15) is 11.5 Å². The summed E-state index contributed by atoms with van der Waals surface area (Å²) < 4.78 is 7.39. The summed E-state index contributed by atoms with van der Waals surface area (Å²) in [7, 11) is 1.91. The summed E-state index contributed by atoms with van der Waals surface area (Å²) >= 11 is 5.76. The molecular weight excluding hydrogens is 214 g/mol. The minimum Gasteiger partial charge on any atom is -0.438 e. The number of nitrogens with zero attached hydrogens (tertiary/aromatic N) is 3. The fraction of sp³-hybridized carbons (Fsp3) is 0.400. The van der Waals surface area contributed by atoms with Crippen LogP contribution in [-0.2, 0) is 19.3 Å². The first-order valence-corrected chi connectivity index (χ1v) is 5.31. The molecule has 4 nitrogen and oxygen atoms in total. The maximum atomic E-state index is 5.76. The number of halogens is 1. The highest BCUT2D eigenvalue weighted by Crippen LogP contribution is 2.21. The average Bonchev–Trinajstić information content (AvgIpc) is 2.82. The quantitative estimate of drug-likeness (QED) is 0.754. The summed E-state index contributed by atoms with van der Waals surface area (Å²) in [4.78, 5) is 8.53. The Kier molecular flexibility index (Phi) is 2.77. The predicted octanol–water partition coefficient (Wildman–Crippen LogP) is 2.38. The number of aromatic nitrogens is 3. The largest absolute Gasteiger partial charge is 0.438 e. The lowest BCUT2D eigenvalue weighted by Gasteiger charge is -1.88. The van der Waals surface area contributed by atoms with Crippen molar-refractivity contribution in [1.82, 2.24) is 14.5 Å². The Morgan fingerprint density at radius 2 is 2.33 bits per heavy atom. The third-order valence-corrected chi connectivity index (χ3v) is 2.40. The Labute approximate surface area is 92.9 Å². The zero-order chi connectivity index (χ0) is 10.8. The second-order valence-electron chi connectivity index (χ2n) is 3.30. The van der Waals surface area contributed by atoms with E-state index in [0.29, 0.717) is 11.8 Å². The molecule has 0 fully saturated rings. The van der Waals surface area contributed by atoms with Crippen LogP contribution in [0.5, 0.6) is 0 Å². The molecule has 0 aliphatic heterocycles. The molecule has 0 aliphatic carbocycles. The first-order valence-electron chi connectivity index (χ1n) is 4.77. The molecule has 0 atom stereocenters. The zero-order valence-corrected chi connectivity index (χ0v) is 9.45. The fourth-order valence-electron chi connectivity index (χ4n) is 1.40. The van der Waals surface area contributed by atoms with Gasteiger partial charge in [0, 0.05) is 13.2 Å². The molecule has 0 amide bonds. The van der Waals surface area contributed by atoms with Crippen LogP contribution in [0.15, 0.2) is 16.9 Å². The van der Waals surface area contributed by atoms with Gasteiger partial charge in [-0.05, 0) is 6.42 Å². The monoisotopic (exact) mass is 225 g/mol. The van der Waals surface area contributed by atoms with Gasteiger partial charge in [0.2, 0.25) is 5.89 Å². The normalized spacial score (nSPS) is 10.9. The number of aryl methyl sites for hydroxylation is 2. The Morgan fingerprint density at radius 1 is 1.53 bits per heavy atom. The van der Waals surface area contributed by atoms with Crippen LogP contribution < -0.4 is 0 Å². The van der Waals surface area contributed by atoms with E-state index in [2.05, 4.69) is 9.97 Å². The first kappa shape index (κ1) is 10.2. The van der Waals surface area contributed by atoms with Crippen LogP contribution in [0.4, 0.5) is 0 Å². The number of rotatable bonds is 3. The molecule has 2 heterocycles. The van der Waals surface area contributed by atoms with Gasteiger partial charge in [0.05, 0.1) is 17.9 Å². The number of hydrogen-bond acceptors (Lipinski definition) is 3. The molecule has 0 radical (unpaired) electrons. The van der Waals surface area contributed by atoms with Gasteiger partial charge in [-0.2, -0.15) is 0 Å². The van der Waals surface area contributed by atoms with E-state index in [4.69, 9.17) is 16.0 Å². The van der Waals surface area contributed by atoms with Crippen molar-refractivity contribution >= 4 is 11.6 Å². The summed E-state index contributed by atoms with van der Waals surface area (Å²) in [5.41, 5.74) is 1.65. The molecule has 0 unspecified atom stereocenters. The van der Waals surface area contributed by atoms with E-state index >= 15 is 0 Å². The minimum atomic E-state index is 0.350. The van der Waals surface area contributed by atoms with Crippen LogP contribution in [0.25, 0.3) is 11.6 Å².